The van der Waals surface area contributed by atoms with Gasteiger partial charge in [0.05, 0.1) is 0 Å². The summed E-state index contributed by atoms with van der Waals surface area (Å²) in [6.45, 7) is 3.53. The number of hydrogen-bond donors (Lipinski definition) is 2. The molecule has 0 spiro atoms. The van der Waals surface area contributed by atoms with E-state index < -0.39 is 0 Å². The number of nitrogens with one attached hydrogen (secondary N) is 1. The lowest BCUT2D eigenvalue weighted by Crippen LogP contribution is -2.01. The Kier molecular flexibility index (Phi) is 7.48. The summed E-state index contributed by atoms with van der Waals surface area (Å²) in [5.74, 6) is 0. The fourth-order valence-electron chi connectivity index (χ4n) is 1.88. The minimum absolute atomic E-state index is 0.226. The highest BCUT2D eigenvalue weighted by Gasteiger charge is 1.94. The summed E-state index contributed by atoms with van der Waals surface area (Å²) in [4.78, 5) is 0. The lowest BCUT2D eigenvalue weighted by Gasteiger charge is -2.07. The summed E-state index contributed by atoms with van der Waals surface area (Å²) in [6.07, 6.45) is 7.34. The molecule has 0 bridgehead atoms. The minimum Gasteiger partial charge on any atom is -0.396 e. The third kappa shape index (κ3) is 6.32. The normalized spacial score (nSPS) is 10.5. The van der Waals surface area contributed by atoms with E-state index in [9.17, 15) is 0 Å². The molecule has 0 aliphatic rings. The third-order valence-electron chi connectivity index (χ3n) is 2.96. The molecule has 1 aromatic rings. The van der Waals surface area contributed by atoms with Gasteiger partial charge in [-0.3, -0.25) is 0 Å². The van der Waals surface area contributed by atoms with E-state index in [2.05, 4.69) is 36.5 Å². The lowest BCUT2D eigenvalue weighted by molar-refractivity contribution is 0.299. The minimum atomic E-state index is 0.226. The SMILES string of the molecule is CCCCCCCNc1ccc(CCO)cc1. The molecule has 0 saturated heterocycles. The topological polar surface area (TPSA) is 32.3 Å². The second kappa shape index (κ2) is 9.06. The number of hydrogen-bond acceptors (Lipinski definition) is 2. The van der Waals surface area contributed by atoms with E-state index in [-0.39, 0.29) is 6.61 Å². The molecular weight excluding hydrogens is 210 g/mol. The maximum Gasteiger partial charge on any atom is 0.0471 e. The molecule has 0 amide bonds. The maximum absolute atomic E-state index is 8.82. The lowest BCUT2D eigenvalue weighted by atomic mass is 10.1. The third-order valence-corrected chi connectivity index (χ3v) is 2.96. The Morgan fingerprint density at radius 2 is 1.71 bits per heavy atom. The first-order chi connectivity index (χ1) is 8.36. The van der Waals surface area contributed by atoms with E-state index in [1.807, 2.05) is 0 Å². The average molecular weight is 235 g/mol. The summed E-state index contributed by atoms with van der Waals surface area (Å²) >= 11 is 0. The second-order valence-corrected chi connectivity index (χ2v) is 4.51. The summed E-state index contributed by atoms with van der Waals surface area (Å²) in [5, 5.41) is 12.2. The van der Waals surface area contributed by atoms with Crippen molar-refractivity contribution in [2.45, 2.75) is 45.4 Å². The Bertz CT molecular complexity index is 281. The van der Waals surface area contributed by atoms with Gasteiger partial charge in [0.2, 0.25) is 0 Å². The molecule has 0 aliphatic heterocycles. The van der Waals surface area contributed by atoms with Crippen LogP contribution in [0.3, 0.4) is 0 Å². The van der Waals surface area contributed by atoms with Gasteiger partial charge in [-0.1, -0.05) is 44.7 Å². The van der Waals surface area contributed by atoms with Gasteiger partial charge in [0.1, 0.15) is 0 Å². The maximum atomic E-state index is 8.82. The molecule has 0 unspecified atom stereocenters. The first kappa shape index (κ1) is 14.0. The van der Waals surface area contributed by atoms with Crippen LogP contribution in [0.1, 0.15) is 44.6 Å². The number of aliphatic hydroxyl groups is 1. The van der Waals surface area contributed by atoms with E-state index >= 15 is 0 Å². The highest BCUT2D eigenvalue weighted by atomic mass is 16.2. The highest BCUT2D eigenvalue weighted by Crippen LogP contribution is 2.10. The van der Waals surface area contributed by atoms with Crippen molar-refractivity contribution in [1.29, 1.82) is 0 Å². The average Bonchev–Trinajstić information content (AvgIpc) is 2.36. The number of rotatable bonds is 9. The smallest absolute Gasteiger partial charge is 0.0471 e. The molecule has 17 heavy (non-hydrogen) atoms. The quantitative estimate of drug-likeness (QED) is 0.641. The van der Waals surface area contributed by atoms with Crippen LogP contribution in [0.15, 0.2) is 24.3 Å². The molecule has 0 aromatic heterocycles. The fraction of sp³-hybridized carbons (Fsp3) is 0.600. The van der Waals surface area contributed by atoms with Gasteiger partial charge in [0.15, 0.2) is 0 Å². The Labute approximate surface area is 105 Å². The molecule has 0 radical (unpaired) electrons. The molecule has 1 rings (SSSR count). The van der Waals surface area contributed by atoms with Crippen LogP contribution < -0.4 is 5.32 Å². The van der Waals surface area contributed by atoms with Crippen LogP contribution in [0.4, 0.5) is 5.69 Å². The summed E-state index contributed by atoms with van der Waals surface area (Å²) < 4.78 is 0. The van der Waals surface area contributed by atoms with E-state index in [4.69, 9.17) is 5.11 Å². The van der Waals surface area contributed by atoms with Crippen molar-refractivity contribution < 1.29 is 5.11 Å². The largest absolute Gasteiger partial charge is 0.396 e. The Morgan fingerprint density at radius 3 is 2.35 bits per heavy atom. The van der Waals surface area contributed by atoms with Crippen molar-refractivity contribution in [1.82, 2.24) is 0 Å². The van der Waals surface area contributed by atoms with Gasteiger partial charge in [-0.05, 0) is 30.5 Å². The van der Waals surface area contributed by atoms with Crippen molar-refractivity contribution in [2.75, 3.05) is 18.5 Å². The number of anilines is 1. The van der Waals surface area contributed by atoms with Crippen LogP contribution in [-0.4, -0.2) is 18.3 Å². The van der Waals surface area contributed by atoms with Crippen molar-refractivity contribution in [3.63, 3.8) is 0 Å². The van der Waals surface area contributed by atoms with E-state index in [1.165, 1.54) is 43.4 Å². The van der Waals surface area contributed by atoms with E-state index in [0.29, 0.717) is 0 Å². The zero-order valence-electron chi connectivity index (χ0n) is 10.9. The summed E-state index contributed by atoms with van der Waals surface area (Å²) in [6, 6.07) is 8.35. The number of aliphatic hydroxyl groups excluding tert-OH is 1. The predicted molar refractivity (Wildman–Crippen MR) is 74.5 cm³/mol. The second-order valence-electron chi connectivity index (χ2n) is 4.51. The van der Waals surface area contributed by atoms with E-state index in [0.717, 1.165) is 13.0 Å². The van der Waals surface area contributed by atoms with Gasteiger partial charge in [-0.2, -0.15) is 0 Å². The first-order valence-corrected chi connectivity index (χ1v) is 6.80. The van der Waals surface area contributed by atoms with Gasteiger partial charge in [0.25, 0.3) is 0 Å². The summed E-state index contributed by atoms with van der Waals surface area (Å²) in [5.41, 5.74) is 2.38. The molecule has 0 aliphatic carbocycles. The molecule has 1 aromatic carbocycles. The zero-order chi connectivity index (χ0) is 12.3. The van der Waals surface area contributed by atoms with Crippen molar-refractivity contribution in [3.05, 3.63) is 29.8 Å². The molecule has 96 valence electrons. The van der Waals surface area contributed by atoms with Crippen LogP contribution in [0.2, 0.25) is 0 Å². The first-order valence-electron chi connectivity index (χ1n) is 6.80. The van der Waals surface area contributed by atoms with Crippen LogP contribution >= 0.6 is 0 Å². The molecule has 0 atom stereocenters. The van der Waals surface area contributed by atoms with Crippen LogP contribution in [0, 0.1) is 0 Å². The van der Waals surface area contributed by atoms with E-state index in [1.54, 1.807) is 0 Å². The van der Waals surface area contributed by atoms with Crippen LogP contribution in [-0.2, 0) is 6.42 Å². The van der Waals surface area contributed by atoms with Gasteiger partial charge in [-0.25, -0.2) is 0 Å². The predicted octanol–water partition coefficient (Wildman–Crippen LogP) is 3.60. The van der Waals surface area contributed by atoms with Gasteiger partial charge in [-0.15, -0.1) is 0 Å². The molecule has 2 heteroatoms. The van der Waals surface area contributed by atoms with Crippen LogP contribution in [0.5, 0.6) is 0 Å². The summed E-state index contributed by atoms with van der Waals surface area (Å²) in [7, 11) is 0. The molecule has 0 heterocycles. The molecule has 0 saturated carbocycles. The van der Waals surface area contributed by atoms with Gasteiger partial charge in [0, 0.05) is 18.8 Å². The highest BCUT2D eigenvalue weighted by molar-refractivity contribution is 5.44. The fourth-order valence-corrected chi connectivity index (χ4v) is 1.88. The van der Waals surface area contributed by atoms with Crippen molar-refractivity contribution in [3.8, 4) is 0 Å². The molecule has 2 N–H and O–H groups in total. The molecule has 0 fully saturated rings. The number of benzene rings is 1. The Balaban J connectivity index is 2.14. The van der Waals surface area contributed by atoms with Gasteiger partial charge >= 0.3 is 0 Å². The van der Waals surface area contributed by atoms with Crippen molar-refractivity contribution >= 4 is 5.69 Å². The number of unbranched alkanes of at least 4 members (excludes halogenated alkanes) is 4. The standard InChI is InChI=1S/C15H25NO/c1-2-3-4-5-6-12-16-15-9-7-14(8-10-15)11-13-17/h7-10,16-17H,2-6,11-13H2,1H3. The Hall–Kier alpha value is -1.02. The van der Waals surface area contributed by atoms with Crippen molar-refractivity contribution in [2.24, 2.45) is 0 Å². The van der Waals surface area contributed by atoms with Crippen LogP contribution in [0.25, 0.3) is 0 Å². The monoisotopic (exact) mass is 235 g/mol. The molecular formula is C15H25NO. The zero-order valence-corrected chi connectivity index (χ0v) is 10.9. The Morgan fingerprint density at radius 1 is 1.00 bits per heavy atom. The van der Waals surface area contributed by atoms with Gasteiger partial charge < -0.3 is 10.4 Å². The molecule has 2 nitrogen and oxygen atoms in total.